The molecule has 2 aliphatic heterocycles. The van der Waals surface area contributed by atoms with Crippen LogP contribution in [0.25, 0.3) is 11.3 Å². The minimum atomic E-state index is -4.20. The summed E-state index contributed by atoms with van der Waals surface area (Å²) in [7, 11) is 0. The van der Waals surface area contributed by atoms with Gasteiger partial charge in [-0.15, -0.1) is 0 Å². The number of ether oxygens (including phenoxy) is 1. The van der Waals surface area contributed by atoms with Gasteiger partial charge in [0.05, 0.1) is 29.5 Å². The molecule has 9 nitrogen and oxygen atoms in total. The molecule has 2 aromatic heterocycles. The highest BCUT2D eigenvalue weighted by Crippen LogP contribution is 2.40. The molecule has 2 N–H and O–H groups in total. The molecule has 3 aliphatic rings. The number of piperazine rings is 1. The molecule has 1 aliphatic carbocycles. The number of carbonyl (C=O) groups is 2. The standard InChI is InChI=1S/C31H41F3N6O3/c1-3-23-19-39(30(42)20-7-9-21(10-8-20)31(32,33)34)16-17-40(23)26-12-11-25(24-6-5-14-36-29(24)43-4-2)38-27(26)28(41)37-22-13-15-35-18-22/h5-6,11-12,14,20-23,35H,3-4,7-10,13,15-19H2,1-2H3,(H,37,41)/t20?,21?,22-,23-/m1/s1. The molecule has 0 spiro atoms. The van der Waals surface area contributed by atoms with E-state index in [1.54, 1.807) is 17.2 Å². The number of alkyl halides is 3. The summed E-state index contributed by atoms with van der Waals surface area (Å²) in [5.41, 5.74) is 2.26. The van der Waals surface area contributed by atoms with Crippen LogP contribution >= 0.6 is 0 Å². The third kappa shape index (κ3) is 7.05. The Hall–Kier alpha value is -3.41. The third-order valence-corrected chi connectivity index (χ3v) is 8.93. The monoisotopic (exact) mass is 602 g/mol. The van der Waals surface area contributed by atoms with Gasteiger partial charge in [0.1, 0.15) is 0 Å². The summed E-state index contributed by atoms with van der Waals surface area (Å²) >= 11 is 0. The van der Waals surface area contributed by atoms with Crippen molar-refractivity contribution in [3.8, 4) is 17.1 Å². The molecule has 2 saturated heterocycles. The fraction of sp³-hybridized carbons (Fsp3) is 0.613. The second kappa shape index (κ2) is 13.5. The largest absolute Gasteiger partial charge is 0.477 e. The van der Waals surface area contributed by atoms with Gasteiger partial charge in [-0.25, -0.2) is 9.97 Å². The highest BCUT2D eigenvalue weighted by molar-refractivity contribution is 5.99. The fourth-order valence-electron chi connectivity index (χ4n) is 6.52. The SMILES string of the molecule is CCOc1ncccc1-c1ccc(N2CCN(C(=O)C3CCC(C(F)(F)F)CC3)C[C@H]2CC)c(C(=O)N[C@@H]2CCNC2)n1. The Balaban J connectivity index is 1.37. The van der Waals surface area contributed by atoms with Gasteiger partial charge in [-0.3, -0.25) is 9.59 Å². The highest BCUT2D eigenvalue weighted by Gasteiger charge is 2.43. The normalized spacial score (nSPS) is 24.6. The summed E-state index contributed by atoms with van der Waals surface area (Å²) in [4.78, 5) is 40.3. The zero-order chi connectivity index (χ0) is 30.6. The zero-order valence-electron chi connectivity index (χ0n) is 24.8. The number of nitrogens with one attached hydrogen (secondary N) is 2. The predicted octanol–water partition coefficient (Wildman–Crippen LogP) is 4.43. The van der Waals surface area contributed by atoms with Crippen LogP contribution in [0.4, 0.5) is 18.9 Å². The lowest BCUT2D eigenvalue weighted by Gasteiger charge is -2.44. The van der Waals surface area contributed by atoms with E-state index in [0.717, 1.165) is 19.4 Å². The second-order valence-corrected chi connectivity index (χ2v) is 11.6. The van der Waals surface area contributed by atoms with Crippen LogP contribution in [0.15, 0.2) is 30.5 Å². The minimum Gasteiger partial charge on any atom is -0.477 e. The molecule has 3 fully saturated rings. The fourth-order valence-corrected chi connectivity index (χ4v) is 6.52. The molecule has 4 heterocycles. The van der Waals surface area contributed by atoms with Crippen LogP contribution in [0.3, 0.4) is 0 Å². The Labute approximate surface area is 250 Å². The average molecular weight is 603 g/mol. The topological polar surface area (TPSA) is 99.7 Å². The molecule has 0 radical (unpaired) electrons. The molecule has 0 aromatic carbocycles. The second-order valence-electron chi connectivity index (χ2n) is 11.6. The number of aromatic nitrogens is 2. The van der Waals surface area contributed by atoms with Crippen LogP contribution < -0.4 is 20.3 Å². The van der Waals surface area contributed by atoms with Crippen molar-refractivity contribution < 1.29 is 27.5 Å². The van der Waals surface area contributed by atoms with E-state index in [9.17, 15) is 22.8 Å². The smallest absolute Gasteiger partial charge is 0.391 e. The number of nitrogens with zero attached hydrogens (tertiary/aromatic N) is 4. The molecule has 1 saturated carbocycles. The van der Waals surface area contributed by atoms with E-state index in [-0.39, 0.29) is 55.5 Å². The molecule has 12 heteroatoms. The van der Waals surface area contributed by atoms with E-state index in [1.165, 1.54) is 0 Å². The van der Waals surface area contributed by atoms with Crippen LogP contribution in [-0.2, 0) is 4.79 Å². The van der Waals surface area contributed by atoms with Crippen LogP contribution in [0.1, 0.15) is 62.9 Å². The van der Waals surface area contributed by atoms with Crippen molar-refractivity contribution in [2.45, 2.75) is 70.6 Å². The van der Waals surface area contributed by atoms with Crippen molar-refractivity contribution in [2.75, 3.05) is 44.2 Å². The van der Waals surface area contributed by atoms with Crippen molar-refractivity contribution >= 4 is 17.5 Å². The molecule has 2 aromatic rings. The van der Waals surface area contributed by atoms with Crippen LogP contribution in [-0.4, -0.2) is 84.3 Å². The molecule has 234 valence electrons. The van der Waals surface area contributed by atoms with Crippen molar-refractivity contribution in [1.82, 2.24) is 25.5 Å². The first-order chi connectivity index (χ1) is 20.7. The Morgan fingerprint density at radius 1 is 1.09 bits per heavy atom. The van der Waals surface area contributed by atoms with Gasteiger partial charge >= 0.3 is 6.18 Å². The van der Waals surface area contributed by atoms with Crippen molar-refractivity contribution in [3.63, 3.8) is 0 Å². The van der Waals surface area contributed by atoms with Gasteiger partial charge in [-0.2, -0.15) is 13.2 Å². The molecular formula is C31H41F3N6O3. The van der Waals surface area contributed by atoms with Crippen LogP contribution in [0.5, 0.6) is 5.88 Å². The summed E-state index contributed by atoms with van der Waals surface area (Å²) in [6, 6.07) is 7.37. The lowest BCUT2D eigenvalue weighted by atomic mass is 9.81. The highest BCUT2D eigenvalue weighted by atomic mass is 19.4. The van der Waals surface area contributed by atoms with Gasteiger partial charge in [0.15, 0.2) is 5.69 Å². The first kappa shape index (κ1) is 31.0. The lowest BCUT2D eigenvalue weighted by molar-refractivity contribution is -0.185. The van der Waals surface area contributed by atoms with Gasteiger partial charge in [0.2, 0.25) is 11.8 Å². The molecule has 0 unspecified atom stereocenters. The predicted molar refractivity (Wildman–Crippen MR) is 157 cm³/mol. The maximum atomic E-state index is 13.7. The molecular weight excluding hydrogens is 561 g/mol. The molecule has 0 bridgehead atoms. The van der Waals surface area contributed by atoms with Crippen LogP contribution in [0.2, 0.25) is 0 Å². The lowest BCUT2D eigenvalue weighted by Crippen LogP contribution is -2.56. The van der Waals surface area contributed by atoms with Crippen molar-refractivity contribution in [1.29, 1.82) is 0 Å². The number of rotatable bonds is 8. The van der Waals surface area contributed by atoms with Gasteiger partial charge in [0.25, 0.3) is 5.91 Å². The van der Waals surface area contributed by atoms with E-state index in [4.69, 9.17) is 9.72 Å². The summed E-state index contributed by atoms with van der Waals surface area (Å²) in [5.74, 6) is -1.56. The van der Waals surface area contributed by atoms with Gasteiger partial charge in [-0.1, -0.05) is 6.92 Å². The van der Waals surface area contributed by atoms with Crippen molar-refractivity contribution in [2.24, 2.45) is 11.8 Å². The average Bonchev–Trinajstić information content (AvgIpc) is 3.53. The summed E-state index contributed by atoms with van der Waals surface area (Å²) in [6.07, 6.45) is -0.446. The molecule has 2 atom stereocenters. The Bertz CT molecular complexity index is 1280. The Morgan fingerprint density at radius 3 is 2.56 bits per heavy atom. The Morgan fingerprint density at radius 2 is 1.88 bits per heavy atom. The van der Waals surface area contributed by atoms with E-state index >= 15 is 0 Å². The van der Waals surface area contributed by atoms with E-state index in [1.807, 2.05) is 32.0 Å². The minimum absolute atomic E-state index is 0.00598. The molecule has 2 amide bonds. The molecule has 43 heavy (non-hydrogen) atoms. The quantitative estimate of drug-likeness (QED) is 0.461. The summed E-state index contributed by atoms with van der Waals surface area (Å²) in [5, 5.41) is 6.40. The number of pyridine rings is 2. The third-order valence-electron chi connectivity index (χ3n) is 8.93. The first-order valence-electron chi connectivity index (χ1n) is 15.4. The number of halogens is 3. The maximum Gasteiger partial charge on any atom is 0.391 e. The summed E-state index contributed by atoms with van der Waals surface area (Å²) < 4.78 is 45.2. The van der Waals surface area contributed by atoms with Crippen LogP contribution in [0, 0.1) is 11.8 Å². The first-order valence-corrected chi connectivity index (χ1v) is 15.4. The number of carbonyl (C=O) groups excluding carboxylic acids is 2. The summed E-state index contributed by atoms with van der Waals surface area (Å²) in [6.45, 7) is 7.26. The Kier molecular flexibility index (Phi) is 9.73. The van der Waals surface area contributed by atoms with Crippen molar-refractivity contribution in [3.05, 3.63) is 36.2 Å². The number of amides is 2. The van der Waals surface area contributed by atoms with Gasteiger partial charge < -0.3 is 25.2 Å². The van der Waals surface area contributed by atoms with Gasteiger partial charge in [0, 0.05) is 50.4 Å². The van der Waals surface area contributed by atoms with E-state index in [2.05, 4.69) is 20.5 Å². The zero-order valence-corrected chi connectivity index (χ0v) is 24.8. The van der Waals surface area contributed by atoms with Gasteiger partial charge in [-0.05, 0) is 76.3 Å². The maximum absolute atomic E-state index is 13.7. The number of anilines is 1. The molecule has 5 rings (SSSR count). The van der Waals surface area contributed by atoms with E-state index < -0.39 is 12.1 Å². The number of hydrogen-bond donors (Lipinski definition) is 2. The number of hydrogen-bond acceptors (Lipinski definition) is 7. The van der Waals surface area contributed by atoms with E-state index in [0.29, 0.717) is 61.3 Å².